The Hall–Kier alpha value is -3.22. The topological polar surface area (TPSA) is 73.1 Å². The highest BCUT2D eigenvalue weighted by molar-refractivity contribution is 5.98. The molecular weight excluding hydrogens is 354 g/mol. The number of amides is 1. The quantitative estimate of drug-likeness (QED) is 0.699. The third-order valence-electron chi connectivity index (χ3n) is 5.11. The molecule has 0 saturated carbocycles. The van der Waals surface area contributed by atoms with Crippen molar-refractivity contribution in [2.24, 2.45) is 0 Å². The number of ether oxygens (including phenoxy) is 1. The molecule has 1 aliphatic rings. The summed E-state index contributed by atoms with van der Waals surface area (Å²) < 4.78 is 6.12. The molecule has 1 aromatic carbocycles. The zero-order valence-electron chi connectivity index (χ0n) is 16.0. The van der Waals surface area contributed by atoms with Crippen molar-refractivity contribution in [3.05, 3.63) is 66.1 Å². The largest absolute Gasteiger partial charge is 0.472 e. The number of hydrogen-bond acceptors (Lipinski definition) is 5. The van der Waals surface area contributed by atoms with Gasteiger partial charge >= 0.3 is 0 Å². The highest BCUT2D eigenvalue weighted by Crippen LogP contribution is 2.25. The number of likely N-dealkylation sites (tertiary alicyclic amines) is 1. The van der Waals surface area contributed by atoms with E-state index in [2.05, 4.69) is 22.1 Å². The molecule has 1 fully saturated rings. The first-order chi connectivity index (χ1) is 13.6. The van der Waals surface area contributed by atoms with Crippen molar-refractivity contribution in [2.45, 2.75) is 38.8 Å². The zero-order valence-corrected chi connectivity index (χ0v) is 16.0. The number of pyridine rings is 1. The Bertz CT molecular complexity index is 957. The molecule has 3 aromatic rings. The Morgan fingerprint density at radius 1 is 1.07 bits per heavy atom. The average Bonchev–Trinajstić information content (AvgIpc) is 3.25. The summed E-state index contributed by atoms with van der Waals surface area (Å²) in [6.45, 7) is 4.58. The Morgan fingerprint density at radius 3 is 2.64 bits per heavy atom. The van der Waals surface area contributed by atoms with Gasteiger partial charge in [0.15, 0.2) is 0 Å². The number of benzene rings is 1. The summed E-state index contributed by atoms with van der Waals surface area (Å²) >= 11 is 0. The molecule has 1 amide bonds. The van der Waals surface area contributed by atoms with Gasteiger partial charge in [0.25, 0.3) is 5.91 Å². The Morgan fingerprint density at radius 2 is 1.86 bits per heavy atom. The van der Waals surface area contributed by atoms with Crippen LogP contribution in [0, 0.1) is 6.92 Å². The smallest absolute Gasteiger partial charge is 0.256 e. The van der Waals surface area contributed by atoms with Crippen LogP contribution in [0.15, 0.2) is 55.0 Å². The van der Waals surface area contributed by atoms with E-state index in [1.807, 2.05) is 48.2 Å². The van der Waals surface area contributed by atoms with Crippen molar-refractivity contribution in [2.75, 3.05) is 6.54 Å². The van der Waals surface area contributed by atoms with Crippen LogP contribution in [0.2, 0.25) is 0 Å². The molecule has 1 aliphatic heterocycles. The van der Waals surface area contributed by atoms with E-state index >= 15 is 0 Å². The van der Waals surface area contributed by atoms with Gasteiger partial charge in [-0.1, -0.05) is 18.2 Å². The molecule has 0 spiro atoms. The molecule has 4 rings (SSSR count). The number of nitrogens with zero attached hydrogens (tertiary/aromatic N) is 5. The van der Waals surface area contributed by atoms with Crippen molar-refractivity contribution in [1.82, 2.24) is 24.9 Å². The monoisotopic (exact) mass is 377 g/mol. The lowest BCUT2D eigenvalue weighted by atomic mass is 9.99. The fraction of sp³-hybridized carbons (Fsp3) is 0.333. The zero-order chi connectivity index (χ0) is 19.5. The van der Waals surface area contributed by atoms with E-state index in [4.69, 9.17) is 4.74 Å². The van der Waals surface area contributed by atoms with Crippen molar-refractivity contribution < 1.29 is 9.53 Å². The summed E-state index contributed by atoms with van der Waals surface area (Å²) in [7, 11) is 0. The van der Waals surface area contributed by atoms with Gasteiger partial charge in [0.1, 0.15) is 6.10 Å². The van der Waals surface area contributed by atoms with Crippen LogP contribution in [0.3, 0.4) is 0 Å². The normalized spacial score (nSPS) is 19.4. The van der Waals surface area contributed by atoms with E-state index < -0.39 is 0 Å². The van der Waals surface area contributed by atoms with Crippen LogP contribution in [-0.4, -0.2) is 49.5 Å². The van der Waals surface area contributed by atoms with Gasteiger partial charge in [-0.15, -0.1) is 0 Å². The standard InChI is InChI=1S/C21H23N5O2/c1-15-6-5-11-22-20(15)28-17-10-9-16(2)25(14-17)21(27)18-7-3-4-8-19(18)26-23-12-13-24-26/h3-8,11-13,16-17H,9-10,14H2,1-2H3/t16-,17-/m0/s1. The number of carbonyl (C=O) groups is 1. The van der Waals surface area contributed by atoms with Crippen molar-refractivity contribution >= 4 is 5.91 Å². The first-order valence-electron chi connectivity index (χ1n) is 9.48. The number of aryl methyl sites for hydroxylation is 1. The van der Waals surface area contributed by atoms with Crippen molar-refractivity contribution in [3.8, 4) is 11.6 Å². The molecular formula is C21H23N5O2. The second-order valence-corrected chi connectivity index (χ2v) is 7.08. The maximum Gasteiger partial charge on any atom is 0.256 e. The fourth-order valence-electron chi connectivity index (χ4n) is 3.53. The third-order valence-corrected chi connectivity index (χ3v) is 5.11. The van der Waals surface area contributed by atoms with Crippen LogP contribution < -0.4 is 4.74 Å². The van der Waals surface area contributed by atoms with E-state index in [1.165, 1.54) is 4.80 Å². The molecule has 28 heavy (non-hydrogen) atoms. The van der Waals surface area contributed by atoms with Gasteiger partial charge in [0.2, 0.25) is 5.88 Å². The van der Waals surface area contributed by atoms with Crippen LogP contribution in [-0.2, 0) is 0 Å². The van der Waals surface area contributed by atoms with Crippen LogP contribution >= 0.6 is 0 Å². The van der Waals surface area contributed by atoms with Gasteiger partial charge < -0.3 is 9.64 Å². The predicted octanol–water partition coefficient (Wildman–Crippen LogP) is 3.04. The van der Waals surface area contributed by atoms with E-state index in [-0.39, 0.29) is 18.1 Å². The number of aromatic nitrogens is 4. The van der Waals surface area contributed by atoms with Gasteiger partial charge in [0.05, 0.1) is 30.2 Å². The Balaban J connectivity index is 1.56. The summed E-state index contributed by atoms with van der Waals surface area (Å²) in [5.74, 6) is 0.599. The van der Waals surface area contributed by atoms with Gasteiger partial charge in [-0.2, -0.15) is 15.0 Å². The summed E-state index contributed by atoms with van der Waals surface area (Å²) in [6.07, 6.45) is 6.62. The average molecular weight is 377 g/mol. The molecule has 0 radical (unpaired) electrons. The van der Waals surface area contributed by atoms with E-state index in [9.17, 15) is 4.79 Å². The Labute approximate surface area is 164 Å². The summed E-state index contributed by atoms with van der Waals surface area (Å²) in [4.78, 5) is 21.1. The van der Waals surface area contributed by atoms with Gasteiger partial charge in [-0.05, 0) is 44.9 Å². The number of carbonyl (C=O) groups excluding carboxylic acids is 1. The molecule has 3 heterocycles. The lowest BCUT2D eigenvalue weighted by Gasteiger charge is -2.38. The van der Waals surface area contributed by atoms with E-state index in [0.717, 1.165) is 18.4 Å². The minimum absolute atomic E-state index is 0.0357. The van der Waals surface area contributed by atoms with Gasteiger partial charge in [-0.3, -0.25) is 4.79 Å². The number of hydrogen-bond donors (Lipinski definition) is 0. The predicted molar refractivity (Wildman–Crippen MR) is 104 cm³/mol. The Kier molecular flexibility index (Phi) is 5.06. The molecule has 0 unspecified atom stereocenters. The molecule has 1 saturated heterocycles. The summed E-state index contributed by atoms with van der Waals surface area (Å²) in [5, 5.41) is 8.35. The van der Waals surface area contributed by atoms with Crippen molar-refractivity contribution in [3.63, 3.8) is 0 Å². The minimum Gasteiger partial charge on any atom is -0.472 e. The van der Waals surface area contributed by atoms with Crippen LogP contribution in [0.25, 0.3) is 5.69 Å². The molecule has 7 nitrogen and oxygen atoms in total. The lowest BCUT2D eigenvalue weighted by Crippen LogP contribution is -2.49. The molecule has 0 N–H and O–H groups in total. The highest BCUT2D eigenvalue weighted by atomic mass is 16.5. The summed E-state index contributed by atoms with van der Waals surface area (Å²) in [6, 6.07) is 11.4. The number of para-hydroxylation sites is 1. The SMILES string of the molecule is Cc1cccnc1O[C@H]1CC[C@H](C)N(C(=O)c2ccccc2-n2nccn2)C1. The maximum absolute atomic E-state index is 13.4. The molecule has 7 heteroatoms. The van der Waals surface area contributed by atoms with Crippen LogP contribution in [0.4, 0.5) is 0 Å². The first-order valence-corrected chi connectivity index (χ1v) is 9.48. The van der Waals surface area contributed by atoms with Gasteiger partial charge in [0, 0.05) is 17.8 Å². The highest BCUT2D eigenvalue weighted by Gasteiger charge is 2.32. The third kappa shape index (κ3) is 3.60. The van der Waals surface area contributed by atoms with Crippen LogP contribution in [0.1, 0.15) is 35.7 Å². The molecule has 2 atom stereocenters. The maximum atomic E-state index is 13.4. The van der Waals surface area contributed by atoms with Gasteiger partial charge in [-0.25, -0.2) is 4.98 Å². The van der Waals surface area contributed by atoms with Crippen molar-refractivity contribution in [1.29, 1.82) is 0 Å². The van der Waals surface area contributed by atoms with E-state index in [1.54, 1.807) is 18.6 Å². The molecule has 2 aromatic heterocycles. The van der Waals surface area contributed by atoms with Crippen LogP contribution in [0.5, 0.6) is 5.88 Å². The molecule has 144 valence electrons. The van der Waals surface area contributed by atoms with E-state index in [0.29, 0.717) is 23.7 Å². The summed E-state index contributed by atoms with van der Waals surface area (Å²) in [5.41, 5.74) is 2.25. The molecule has 0 bridgehead atoms. The molecule has 0 aliphatic carbocycles. The first kappa shape index (κ1) is 18.2. The lowest BCUT2D eigenvalue weighted by molar-refractivity contribution is 0.0371. The minimum atomic E-state index is -0.0799. The second kappa shape index (κ2) is 7.80. The number of rotatable bonds is 4. The number of piperidine rings is 1. The second-order valence-electron chi connectivity index (χ2n) is 7.08. The fourth-order valence-corrected chi connectivity index (χ4v) is 3.53.